The van der Waals surface area contributed by atoms with E-state index in [4.69, 9.17) is 4.74 Å². The molecule has 1 unspecified atom stereocenters. The number of hydrogen-bond donors (Lipinski definition) is 1. The van der Waals surface area contributed by atoms with Crippen LogP contribution in [-0.4, -0.2) is 46.6 Å². The summed E-state index contributed by atoms with van der Waals surface area (Å²) in [6, 6.07) is -0.262. The minimum atomic E-state index is -0.262. The summed E-state index contributed by atoms with van der Waals surface area (Å²) in [4.78, 5) is 12.0. The Labute approximate surface area is 87.6 Å². The van der Waals surface area contributed by atoms with Crippen molar-refractivity contribution in [3.05, 3.63) is 11.9 Å². The zero-order valence-electron chi connectivity index (χ0n) is 8.64. The second kappa shape index (κ2) is 4.50. The highest BCUT2D eigenvalue weighted by atomic mass is 16.5. The van der Waals surface area contributed by atoms with Crippen molar-refractivity contribution < 1.29 is 9.53 Å². The van der Waals surface area contributed by atoms with Gasteiger partial charge in [-0.2, -0.15) is 0 Å². The highest BCUT2D eigenvalue weighted by molar-refractivity contribution is 5.98. The highest BCUT2D eigenvalue weighted by Crippen LogP contribution is 2.04. The molecule has 1 aliphatic heterocycles. The largest absolute Gasteiger partial charge is 0.378 e. The van der Waals surface area contributed by atoms with Crippen LogP contribution in [0.2, 0.25) is 0 Å². The lowest BCUT2D eigenvalue weighted by Crippen LogP contribution is -2.47. The van der Waals surface area contributed by atoms with Crippen LogP contribution in [0.5, 0.6) is 0 Å². The molecule has 1 aliphatic rings. The number of morpholine rings is 1. The Bertz CT molecular complexity index is 344. The van der Waals surface area contributed by atoms with Crippen LogP contribution < -0.4 is 5.32 Å². The van der Waals surface area contributed by atoms with E-state index >= 15 is 0 Å². The van der Waals surface area contributed by atoms with Crippen molar-refractivity contribution in [2.24, 2.45) is 0 Å². The number of ether oxygens (including phenoxy) is 1. The van der Waals surface area contributed by atoms with Gasteiger partial charge in [-0.05, 0) is 6.92 Å². The van der Waals surface area contributed by atoms with Gasteiger partial charge in [0.15, 0.2) is 0 Å². The molecule has 1 atom stereocenters. The van der Waals surface area contributed by atoms with Gasteiger partial charge in [0.1, 0.15) is 5.69 Å². The molecule has 1 N–H and O–H groups in total. The molecule has 0 amide bonds. The van der Waals surface area contributed by atoms with E-state index < -0.39 is 0 Å². The van der Waals surface area contributed by atoms with Gasteiger partial charge in [-0.3, -0.25) is 4.79 Å². The van der Waals surface area contributed by atoms with Gasteiger partial charge in [-0.15, -0.1) is 5.10 Å². The Kier molecular flexibility index (Phi) is 3.08. The van der Waals surface area contributed by atoms with Crippen LogP contribution >= 0.6 is 0 Å². The number of carbonyl (C=O) groups is 1. The number of aromatic nitrogens is 3. The fourth-order valence-electron chi connectivity index (χ4n) is 1.59. The Morgan fingerprint density at radius 2 is 2.67 bits per heavy atom. The summed E-state index contributed by atoms with van der Waals surface area (Å²) in [5.74, 6) is 0.00144. The van der Waals surface area contributed by atoms with Crippen LogP contribution in [-0.2, 0) is 11.3 Å². The van der Waals surface area contributed by atoms with Gasteiger partial charge < -0.3 is 10.1 Å². The van der Waals surface area contributed by atoms with E-state index in [0.29, 0.717) is 32.0 Å². The van der Waals surface area contributed by atoms with Crippen LogP contribution in [0.1, 0.15) is 17.4 Å². The van der Waals surface area contributed by atoms with Crippen molar-refractivity contribution in [3.63, 3.8) is 0 Å². The third kappa shape index (κ3) is 2.05. The monoisotopic (exact) mass is 210 g/mol. The SMILES string of the molecule is CCn1nncc1C(=O)C1COCCN1. The number of nitrogens with zero attached hydrogens (tertiary/aromatic N) is 3. The van der Waals surface area contributed by atoms with Crippen LogP contribution in [0.25, 0.3) is 0 Å². The van der Waals surface area contributed by atoms with E-state index in [2.05, 4.69) is 15.6 Å². The Hall–Kier alpha value is -1.27. The summed E-state index contributed by atoms with van der Waals surface area (Å²) in [6.45, 7) is 4.37. The van der Waals surface area contributed by atoms with Gasteiger partial charge in [0.2, 0.25) is 5.78 Å². The number of hydrogen-bond acceptors (Lipinski definition) is 5. The van der Waals surface area contributed by atoms with Crippen LogP contribution in [0.15, 0.2) is 6.20 Å². The number of nitrogens with one attached hydrogen (secondary N) is 1. The van der Waals surface area contributed by atoms with E-state index in [9.17, 15) is 4.79 Å². The average molecular weight is 210 g/mol. The van der Waals surface area contributed by atoms with Gasteiger partial charge in [0.25, 0.3) is 0 Å². The first-order valence-electron chi connectivity index (χ1n) is 5.06. The van der Waals surface area contributed by atoms with Gasteiger partial charge >= 0.3 is 0 Å². The molecule has 1 saturated heterocycles. The lowest BCUT2D eigenvalue weighted by molar-refractivity contribution is 0.0600. The summed E-state index contributed by atoms with van der Waals surface area (Å²) < 4.78 is 6.84. The van der Waals surface area contributed by atoms with Crippen molar-refractivity contribution in [3.8, 4) is 0 Å². The van der Waals surface area contributed by atoms with Gasteiger partial charge in [0.05, 0.1) is 25.5 Å². The fraction of sp³-hybridized carbons (Fsp3) is 0.667. The molecule has 0 bridgehead atoms. The van der Waals surface area contributed by atoms with Crippen LogP contribution in [0.3, 0.4) is 0 Å². The smallest absolute Gasteiger partial charge is 0.201 e. The summed E-state index contributed by atoms with van der Waals surface area (Å²) in [5, 5.41) is 10.7. The van der Waals surface area contributed by atoms with E-state index in [1.54, 1.807) is 4.68 Å². The Balaban J connectivity index is 2.12. The second-order valence-corrected chi connectivity index (χ2v) is 3.38. The topological polar surface area (TPSA) is 69.0 Å². The van der Waals surface area contributed by atoms with E-state index in [0.717, 1.165) is 0 Å². The maximum Gasteiger partial charge on any atom is 0.201 e. The summed E-state index contributed by atoms with van der Waals surface area (Å²) in [7, 11) is 0. The molecule has 0 spiro atoms. The maximum absolute atomic E-state index is 12.0. The molecule has 1 aromatic rings. The molecule has 6 heteroatoms. The van der Waals surface area contributed by atoms with Crippen molar-refractivity contribution >= 4 is 5.78 Å². The molecule has 6 nitrogen and oxygen atoms in total. The summed E-state index contributed by atoms with van der Waals surface area (Å²) in [5.41, 5.74) is 0.542. The number of ketones is 1. The molecular weight excluding hydrogens is 196 g/mol. The minimum absolute atomic E-state index is 0.00144. The first-order valence-corrected chi connectivity index (χ1v) is 5.06. The molecule has 0 radical (unpaired) electrons. The van der Waals surface area contributed by atoms with Gasteiger partial charge in [-0.1, -0.05) is 5.21 Å². The zero-order valence-corrected chi connectivity index (χ0v) is 8.64. The molecular formula is C9H14N4O2. The number of carbonyl (C=O) groups excluding carboxylic acids is 1. The van der Waals surface area contributed by atoms with Gasteiger partial charge in [-0.25, -0.2) is 4.68 Å². The van der Waals surface area contributed by atoms with Crippen molar-refractivity contribution in [1.82, 2.24) is 20.3 Å². The van der Waals surface area contributed by atoms with Crippen molar-refractivity contribution in [2.45, 2.75) is 19.5 Å². The quantitative estimate of drug-likeness (QED) is 0.679. The fourth-order valence-corrected chi connectivity index (χ4v) is 1.59. The molecule has 2 heterocycles. The zero-order chi connectivity index (χ0) is 10.7. The maximum atomic E-state index is 12.0. The number of rotatable bonds is 3. The molecule has 0 aromatic carbocycles. The third-order valence-corrected chi connectivity index (χ3v) is 2.41. The molecule has 0 saturated carbocycles. The molecule has 0 aliphatic carbocycles. The third-order valence-electron chi connectivity index (χ3n) is 2.41. The normalized spacial score (nSPS) is 21.5. The first kappa shape index (κ1) is 10.3. The Morgan fingerprint density at radius 1 is 1.80 bits per heavy atom. The summed E-state index contributed by atoms with van der Waals surface area (Å²) >= 11 is 0. The minimum Gasteiger partial charge on any atom is -0.378 e. The van der Waals surface area contributed by atoms with Crippen LogP contribution in [0, 0.1) is 0 Å². The average Bonchev–Trinajstić information content (AvgIpc) is 2.77. The highest BCUT2D eigenvalue weighted by Gasteiger charge is 2.25. The molecule has 2 rings (SSSR count). The lowest BCUT2D eigenvalue weighted by atomic mass is 10.1. The van der Waals surface area contributed by atoms with Crippen LogP contribution in [0.4, 0.5) is 0 Å². The predicted octanol–water partition coefficient (Wildman–Crippen LogP) is -0.531. The molecule has 1 aromatic heterocycles. The van der Waals surface area contributed by atoms with Crippen molar-refractivity contribution in [1.29, 1.82) is 0 Å². The molecule has 82 valence electrons. The van der Waals surface area contributed by atoms with Crippen molar-refractivity contribution in [2.75, 3.05) is 19.8 Å². The number of aryl methyl sites for hydroxylation is 1. The standard InChI is InChI=1S/C9H14N4O2/c1-2-13-8(5-11-12-13)9(14)7-6-15-4-3-10-7/h5,7,10H,2-4,6H2,1H3. The molecule has 15 heavy (non-hydrogen) atoms. The summed E-state index contributed by atoms with van der Waals surface area (Å²) in [6.07, 6.45) is 1.50. The van der Waals surface area contributed by atoms with E-state index in [-0.39, 0.29) is 11.8 Å². The predicted molar refractivity (Wildman–Crippen MR) is 52.6 cm³/mol. The molecule has 1 fully saturated rings. The van der Waals surface area contributed by atoms with Gasteiger partial charge in [0, 0.05) is 13.1 Å². The van der Waals surface area contributed by atoms with E-state index in [1.807, 2.05) is 6.92 Å². The first-order chi connectivity index (χ1) is 7.33. The van der Waals surface area contributed by atoms with E-state index in [1.165, 1.54) is 6.20 Å². The Morgan fingerprint density at radius 3 is 3.33 bits per heavy atom. The number of Topliss-reactive ketones (excluding diaryl/α,β-unsaturated/α-hetero) is 1. The second-order valence-electron chi connectivity index (χ2n) is 3.38. The lowest BCUT2D eigenvalue weighted by Gasteiger charge is -2.22.